The van der Waals surface area contributed by atoms with Gasteiger partial charge in [-0.1, -0.05) is 6.42 Å². The number of aromatic nitrogens is 3. The summed E-state index contributed by atoms with van der Waals surface area (Å²) in [6.07, 6.45) is 7.41. The molecule has 2 aromatic rings. The number of carbonyl (C=O) groups excluding carboxylic acids is 2. The Balaban J connectivity index is 1.27. The van der Waals surface area contributed by atoms with Gasteiger partial charge >= 0.3 is 0 Å². The van der Waals surface area contributed by atoms with E-state index in [9.17, 15) is 14.0 Å². The Hall–Kier alpha value is -2.77. The van der Waals surface area contributed by atoms with Gasteiger partial charge in [0.05, 0.1) is 5.56 Å². The fraction of sp³-hybridized carbons (Fsp3) is 0.565. The number of benzene rings is 1. The first-order valence-electron chi connectivity index (χ1n) is 11.4. The van der Waals surface area contributed by atoms with Gasteiger partial charge in [-0.15, -0.1) is 10.2 Å². The Morgan fingerprint density at radius 3 is 2.55 bits per heavy atom. The summed E-state index contributed by atoms with van der Waals surface area (Å²) in [5.41, 5.74) is 0.923. The third kappa shape index (κ3) is 4.20. The molecule has 0 radical (unpaired) electrons. The van der Waals surface area contributed by atoms with Crippen molar-refractivity contribution in [2.45, 2.75) is 57.9 Å². The molecule has 8 heteroatoms. The van der Waals surface area contributed by atoms with E-state index in [1.165, 1.54) is 6.07 Å². The lowest BCUT2D eigenvalue weighted by Crippen LogP contribution is -2.42. The van der Waals surface area contributed by atoms with Gasteiger partial charge in [0.1, 0.15) is 11.6 Å². The predicted octanol–water partition coefficient (Wildman–Crippen LogP) is 3.40. The van der Waals surface area contributed by atoms with Crippen LogP contribution in [0, 0.1) is 17.7 Å². The van der Waals surface area contributed by atoms with E-state index in [4.69, 9.17) is 0 Å². The molecule has 2 amide bonds. The third-order valence-electron chi connectivity index (χ3n) is 6.69. The summed E-state index contributed by atoms with van der Waals surface area (Å²) < 4.78 is 16.7. The fourth-order valence-electron chi connectivity index (χ4n) is 4.65. The first kappa shape index (κ1) is 20.2. The van der Waals surface area contributed by atoms with Crippen molar-refractivity contribution in [2.75, 3.05) is 18.4 Å². The van der Waals surface area contributed by atoms with E-state index in [2.05, 4.69) is 15.5 Å². The van der Waals surface area contributed by atoms with E-state index in [1.54, 1.807) is 12.1 Å². The second-order valence-corrected chi connectivity index (χ2v) is 8.96. The van der Waals surface area contributed by atoms with Crippen molar-refractivity contribution in [1.29, 1.82) is 0 Å². The van der Waals surface area contributed by atoms with Gasteiger partial charge in [0.15, 0.2) is 5.82 Å². The molecule has 31 heavy (non-hydrogen) atoms. The maximum atomic E-state index is 14.7. The Morgan fingerprint density at radius 2 is 1.77 bits per heavy atom. The van der Waals surface area contributed by atoms with Gasteiger partial charge in [-0.3, -0.25) is 9.59 Å². The number of hydrogen-bond donors (Lipinski definition) is 1. The van der Waals surface area contributed by atoms with Gasteiger partial charge in [-0.05, 0) is 56.7 Å². The summed E-state index contributed by atoms with van der Waals surface area (Å²) in [5.74, 6) is 1.30. The molecule has 1 aromatic heterocycles. The zero-order valence-electron chi connectivity index (χ0n) is 17.6. The van der Waals surface area contributed by atoms with E-state index >= 15 is 0 Å². The summed E-state index contributed by atoms with van der Waals surface area (Å²) in [5, 5.41) is 11.5. The van der Waals surface area contributed by atoms with Crippen LogP contribution in [0.25, 0.3) is 11.4 Å². The molecule has 0 spiro atoms. The second-order valence-electron chi connectivity index (χ2n) is 8.96. The van der Waals surface area contributed by atoms with Crippen LogP contribution < -0.4 is 5.32 Å². The molecule has 3 heterocycles. The van der Waals surface area contributed by atoms with Crippen molar-refractivity contribution < 1.29 is 14.0 Å². The largest absolute Gasteiger partial charge is 0.342 e. The molecular formula is C23H28FN5O2. The first-order chi connectivity index (χ1) is 15.1. The van der Waals surface area contributed by atoms with Crippen LogP contribution in [0.5, 0.6) is 0 Å². The molecule has 1 N–H and O–H groups in total. The van der Waals surface area contributed by atoms with Crippen molar-refractivity contribution in [3.63, 3.8) is 0 Å². The first-order valence-corrected chi connectivity index (χ1v) is 11.4. The third-order valence-corrected chi connectivity index (χ3v) is 6.69. The highest BCUT2D eigenvalue weighted by atomic mass is 19.1. The lowest BCUT2D eigenvalue weighted by atomic mass is 9.95. The molecule has 2 aliphatic heterocycles. The monoisotopic (exact) mass is 425 g/mol. The zero-order chi connectivity index (χ0) is 21.4. The van der Waals surface area contributed by atoms with Crippen LogP contribution in [0.15, 0.2) is 18.2 Å². The van der Waals surface area contributed by atoms with Crippen molar-refractivity contribution in [3.05, 3.63) is 29.8 Å². The summed E-state index contributed by atoms with van der Waals surface area (Å²) in [6.45, 7) is 2.05. The highest BCUT2D eigenvalue weighted by Gasteiger charge is 2.36. The number of fused-ring (bicyclic) bond motifs is 1. The predicted molar refractivity (Wildman–Crippen MR) is 114 cm³/mol. The van der Waals surface area contributed by atoms with Gasteiger partial charge in [-0.2, -0.15) is 0 Å². The summed E-state index contributed by atoms with van der Waals surface area (Å²) >= 11 is 0. The smallest absolute Gasteiger partial charge is 0.227 e. The Kier molecular flexibility index (Phi) is 5.46. The molecule has 7 nitrogen and oxygen atoms in total. The number of hydrogen-bond acceptors (Lipinski definition) is 4. The van der Waals surface area contributed by atoms with E-state index in [0.29, 0.717) is 43.0 Å². The van der Waals surface area contributed by atoms with E-state index < -0.39 is 0 Å². The highest BCUT2D eigenvalue weighted by Crippen LogP contribution is 2.33. The minimum absolute atomic E-state index is 0.0730. The van der Waals surface area contributed by atoms with Gasteiger partial charge < -0.3 is 14.8 Å². The number of likely N-dealkylation sites (tertiary alicyclic amines) is 1. The molecular weight excluding hydrogens is 397 g/mol. The van der Waals surface area contributed by atoms with E-state index in [0.717, 1.165) is 50.9 Å². The van der Waals surface area contributed by atoms with Crippen LogP contribution in [0.4, 0.5) is 10.1 Å². The Morgan fingerprint density at radius 1 is 0.968 bits per heavy atom. The lowest BCUT2D eigenvalue weighted by molar-refractivity contribution is -0.135. The van der Waals surface area contributed by atoms with Crippen LogP contribution in [0.3, 0.4) is 0 Å². The van der Waals surface area contributed by atoms with Crippen LogP contribution >= 0.6 is 0 Å². The standard InChI is InChI=1S/C23H28FN5O2/c24-19-8-7-17(14-18(19)21-27-26-20-4-2-1-3-11-29(20)21)25-22(30)15-9-12-28(13-10-15)23(31)16-5-6-16/h7-8,14-16H,1-6,9-13H2,(H,25,30). The normalized spacial score (nSPS) is 19.6. The quantitative estimate of drug-likeness (QED) is 0.814. The minimum Gasteiger partial charge on any atom is -0.342 e. The Bertz CT molecular complexity index is 992. The molecule has 1 saturated carbocycles. The number of amides is 2. The van der Waals surface area contributed by atoms with E-state index in [1.807, 2.05) is 9.47 Å². The average molecular weight is 426 g/mol. The van der Waals surface area contributed by atoms with E-state index in [-0.39, 0.29) is 29.5 Å². The topological polar surface area (TPSA) is 80.1 Å². The minimum atomic E-state index is -0.371. The second kappa shape index (κ2) is 8.40. The molecule has 0 unspecified atom stereocenters. The molecule has 2 fully saturated rings. The van der Waals surface area contributed by atoms with Gasteiger partial charge in [-0.25, -0.2) is 4.39 Å². The molecule has 1 saturated heterocycles. The number of rotatable bonds is 4. The summed E-state index contributed by atoms with van der Waals surface area (Å²) in [6, 6.07) is 4.61. The molecule has 1 aromatic carbocycles. The van der Waals surface area contributed by atoms with Crippen LogP contribution in [0.2, 0.25) is 0 Å². The van der Waals surface area contributed by atoms with Crippen LogP contribution in [-0.2, 0) is 22.6 Å². The lowest BCUT2D eigenvalue weighted by Gasteiger charge is -2.31. The Labute approximate surface area is 181 Å². The van der Waals surface area contributed by atoms with Gasteiger partial charge in [0.25, 0.3) is 0 Å². The van der Waals surface area contributed by atoms with Crippen LogP contribution in [0.1, 0.15) is 50.8 Å². The van der Waals surface area contributed by atoms with Crippen molar-refractivity contribution >= 4 is 17.5 Å². The molecule has 3 aliphatic rings. The van der Waals surface area contributed by atoms with Gasteiger partial charge in [0.2, 0.25) is 11.8 Å². The number of carbonyl (C=O) groups is 2. The highest BCUT2D eigenvalue weighted by molar-refractivity contribution is 5.93. The van der Waals surface area contributed by atoms with Crippen molar-refractivity contribution in [3.8, 4) is 11.4 Å². The molecule has 0 atom stereocenters. The summed E-state index contributed by atoms with van der Waals surface area (Å²) in [7, 11) is 0. The molecule has 164 valence electrons. The number of anilines is 1. The van der Waals surface area contributed by atoms with Crippen LogP contribution in [-0.4, -0.2) is 44.6 Å². The molecule has 0 bridgehead atoms. The number of piperidine rings is 1. The van der Waals surface area contributed by atoms with Crippen molar-refractivity contribution in [2.24, 2.45) is 11.8 Å². The summed E-state index contributed by atoms with van der Waals surface area (Å²) in [4.78, 5) is 26.9. The maximum absolute atomic E-state index is 14.7. The number of aryl methyl sites for hydroxylation is 1. The number of nitrogens with zero attached hydrogens (tertiary/aromatic N) is 4. The fourth-order valence-corrected chi connectivity index (χ4v) is 4.65. The maximum Gasteiger partial charge on any atom is 0.227 e. The number of nitrogens with one attached hydrogen (secondary N) is 1. The molecule has 5 rings (SSSR count). The molecule has 1 aliphatic carbocycles. The average Bonchev–Trinajstić information content (AvgIpc) is 3.60. The number of halogens is 1. The zero-order valence-corrected chi connectivity index (χ0v) is 17.6. The SMILES string of the molecule is O=C(Nc1ccc(F)c(-c2nnc3n2CCCCC3)c1)C1CCN(C(=O)C2CC2)CC1. The van der Waals surface area contributed by atoms with Gasteiger partial charge in [0, 0.05) is 43.6 Å². The van der Waals surface area contributed by atoms with Crippen molar-refractivity contribution in [1.82, 2.24) is 19.7 Å².